The third kappa shape index (κ3) is 4.20. The average Bonchev–Trinajstić information content (AvgIpc) is 3.06. The third-order valence-corrected chi connectivity index (χ3v) is 5.08. The summed E-state index contributed by atoms with van der Waals surface area (Å²) >= 11 is 0. The Labute approximate surface area is 178 Å². The zero-order valence-electron chi connectivity index (χ0n) is 17.2. The van der Waals surface area contributed by atoms with Crippen LogP contribution < -0.4 is 15.2 Å². The molecule has 9 nitrogen and oxygen atoms in total. The highest BCUT2D eigenvalue weighted by Crippen LogP contribution is 2.31. The summed E-state index contributed by atoms with van der Waals surface area (Å²) in [6.45, 7) is 4.27. The van der Waals surface area contributed by atoms with E-state index in [9.17, 15) is 9.59 Å². The number of ether oxygens (including phenoxy) is 3. The molecule has 0 saturated heterocycles. The summed E-state index contributed by atoms with van der Waals surface area (Å²) in [5.41, 5.74) is 7.65. The maximum atomic E-state index is 12.7. The van der Waals surface area contributed by atoms with Gasteiger partial charge in [-0.15, -0.1) is 0 Å². The summed E-state index contributed by atoms with van der Waals surface area (Å²) in [7, 11) is 0. The van der Waals surface area contributed by atoms with Gasteiger partial charge in [-0.2, -0.15) is 0 Å². The van der Waals surface area contributed by atoms with Crippen molar-refractivity contribution in [3.8, 4) is 11.5 Å². The number of anilines is 1. The fraction of sp³-hybridized carbons (Fsp3) is 0.273. The molecule has 0 saturated carbocycles. The van der Waals surface area contributed by atoms with Gasteiger partial charge in [-0.25, -0.2) is 14.8 Å². The summed E-state index contributed by atoms with van der Waals surface area (Å²) in [6.07, 6.45) is 2.50. The predicted octanol–water partition coefficient (Wildman–Crippen LogP) is 2.36. The molecule has 1 aromatic carbocycles. The van der Waals surface area contributed by atoms with E-state index in [1.165, 1.54) is 12.4 Å². The monoisotopic (exact) mass is 422 g/mol. The highest BCUT2D eigenvalue weighted by atomic mass is 16.6. The van der Waals surface area contributed by atoms with E-state index in [2.05, 4.69) is 9.97 Å². The lowest BCUT2D eigenvalue weighted by molar-refractivity contribution is 0.0469. The van der Waals surface area contributed by atoms with E-state index in [-0.39, 0.29) is 23.4 Å². The second-order valence-electron chi connectivity index (χ2n) is 7.18. The standard InChI is InChI=1S/C22H22N4O5/c1-13-9-16(17(27)12-30-22(28)20-21(23)25-8-7-24-20)14(2)26(13)10-15-11-29-18-5-3-4-6-19(18)31-15/h3-9,15H,10-12H2,1-2H3,(H2,23,25). The molecular weight excluding hydrogens is 400 g/mol. The minimum absolute atomic E-state index is 0.0469. The van der Waals surface area contributed by atoms with Crippen molar-refractivity contribution >= 4 is 17.6 Å². The maximum absolute atomic E-state index is 12.7. The Kier molecular flexibility index (Phi) is 5.57. The number of carbonyl (C=O) groups is 2. The van der Waals surface area contributed by atoms with Crippen molar-refractivity contribution in [3.63, 3.8) is 0 Å². The number of fused-ring (bicyclic) bond motifs is 1. The number of rotatable bonds is 6. The van der Waals surface area contributed by atoms with E-state index < -0.39 is 12.6 Å². The molecular formula is C22H22N4O5. The Hall–Kier alpha value is -3.88. The van der Waals surface area contributed by atoms with Gasteiger partial charge >= 0.3 is 5.97 Å². The van der Waals surface area contributed by atoms with E-state index in [1.54, 1.807) is 6.07 Å². The lowest BCUT2D eigenvalue weighted by atomic mass is 10.1. The third-order valence-electron chi connectivity index (χ3n) is 5.08. The summed E-state index contributed by atoms with van der Waals surface area (Å²) in [5.74, 6) is 0.267. The number of esters is 1. The van der Waals surface area contributed by atoms with Crippen molar-refractivity contribution in [2.75, 3.05) is 18.9 Å². The zero-order valence-corrected chi connectivity index (χ0v) is 17.2. The summed E-state index contributed by atoms with van der Waals surface area (Å²) in [4.78, 5) is 32.5. The van der Waals surface area contributed by atoms with Crippen LogP contribution in [-0.2, 0) is 11.3 Å². The molecule has 0 fully saturated rings. The molecule has 0 spiro atoms. The number of hydrogen-bond donors (Lipinski definition) is 1. The van der Waals surface area contributed by atoms with Gasteiger partial charge in [0.15, 0.2) is 35.7 Å². The van der Waals surface area contributed by atoms with Crippen LogP contribution in [0.1, 0.15) is 32.2 Å². The SMILES string of the molecule is Cc1cc(C(=O)COC(=O)c2nccnc2N)c(C)n1CC1COc2ccccc2O1. The Morgan fingerprint density at radius 1 is 1.19 bits per heavy atom. The fourth-order valence-corrected chi connectivity index (χ4v) is 3.50. The quantitative estimate of drug-likeness (QED) is 0.475. The van der Waals surface area contributed by atoms with Gasteiger partial charge in [-0.05, 0) is 32.0 Å². The van der Waals surface area contributed by atoms with Crippen molar-refractivity contribution in [3.05, 3.63) is 65.4 Å². The van der Waals surface area contributed by atoms with Crippen molar-refractivity contribution < 1.29 is 23.8 Å². The molecule has 160 valence electrons. The number of benzene rings is 1. The second-order valence-corrected chi connectivity index (χ2v) is 7.18. The minimum atomic E-state index is -0.792. The minimum Gasteiger partial charge on any atom is -0.486 e. The molecule has 0 aliphatic carbocycles. The molecule has 31 heavy (non-hydrogen) atoms. The molecule has 1 aliphatic rings. The molecule has 2 aromatic heterocycles. The van der Waals surface area contributed by atoms with Crippen molar-refractivity contribution in [1.29, 1.82) is 0 Å². The molecule has 0 amide bonds. The van der Waals surface area contributed by atoms with Crippen molar-refractivity contribution in [1.82, 2.24) is 14.5 Å². The first-order chi connectivity index (χ1) is 14.9. The van der Waals surface area contributed by atoms with Crippen LogP contribution in [0.3, 0.4) is 0 Å². The molecule has 0 bridgehead atoms. The lowest BCUT2D eigenvalue weighted by Gasteiger charge is -2.27. The smallest absolute Gasteiger partial charge is 0.361 e. The molecule has 2 N–H and O–H groups in total. The van der Waals surface area contributed by atoms with Crippen LogP contribution in [0.15, 0.2) is 42.7 Å². The van der Waals surface area contributed by atoms with Gasteiger partial charge in [0, 0.05) is 29.3 Å². The van der Waals surface area contributed by atoms with Crippen LogP contribution in [0, 0.1) is 13.8 Å². The molecule has 0 radical (unpaired) electrons. The fourth-order valence-electron chi connectivity index (χ4n) is 3.50. The first-order valence-electron chi connectivity index (χ1n) is 9.76. The van der Waals surface area contributed by atoms with Crippen LogP contribution in [0.5, 0.6) is 11.5 Å². The number of nitrogen functional groups attached to an aromatic ring is 1. The molecule has 1 aliphatic heterocycles. The number of para-hydroxylation sites is 2. The van der Waals surface area contributed by atoms with Gasteiger partial charge in [0.05, 0.1) is 6.54 Å². The van der Waals surface area contributed by atoms with Gasteiger partial charge in [0.25, 0.3) is 0 Å². The van der Waals surface area contributed by atoms with Crippen molar-refractivity contribution in [2.24, 2.45) is 0 Å². The summed E-state index contributed by atoms with van der Waals surface area (Å²) < 4.78 is 18.9. The predicted molar refractivity (Wildman–Crippen MR) is 111 cm³/mol. The first kappa shape index (κ1) is 20.4. The highest BCUT2D eigenvalue weighted by molar-refractivity contribution is 6.00. The normalized spacial score (nSPS) is 14.8. The van der Waals surface area contributed by atoms with Crippen LogP contribution in [0.4, 0.5) is 5.82 Å². The molecule has 1 unspecified atom stereocenters. The molecule has 1 atom stereocenters. The molecule has 4 rings (SSSR count). The van der Waals surface area contributed by atoms with Gasteiger partial charge in [-0.3, -0.25) is 4.79 Å². The van der Waals surface area contributed by atoms with E-state index in [4.69, 9.17) is 19.9 Å². The first-order valence-corrected chi connectivity index (χ1v) is 9.76. The number of carbonyl (C=O) groups excluding carboxylic acids is 2. The highest BCUT2D eigenvalue weighted by Gasteiger charge is 2.24. The lowest BCUT2D eigenvalue weighted by Crippen LogP contribution is -2.33. The van der Waals surface area contributed by atoms with Gasteiger partial charge in [-0.1, -0.05) is 12.1 Å². The number of ketones is 1. The molecule has 3 heterocycles. The number of aromatic nitrogens is 3. The Morgan fingerprint density at radius 3 is 2.71 bits per heavy atom. The van der Waals surface area contributed by atoms with Gasteiger partial charge < -0.3 is 24.5 Å². The molecule has 9 heteroatoms. The topological polar surface area (TPSA) is 119 Å². The summed E-state index contributed by atoms with van der Waals surface area (Å²) in [6, 6.07) is 9.30. The number of nitrogens with two attached hydrogens (primary N) is 1. The van der Waals surface area contributed by atoms with Crippen LogP contribution in [0.2, 0.25) is 0 Å². The van der Waals surface area contributed by atoms with E-state index >= 15 is 0 Å². The van der Waals surface area contributed by atoms with Crippen LogP contribution >= 0.6 is 0 Å². The van der Waals surface area contributed by atoms with E-state index in [1.807, 2.05) is 42.7 Å². The van der Waals surface area contributed by atoms with E-state index in [0.29, 0.717) is 24.5 Å². The number of aryl methyl sites for hydroxylation is 1. The van der Waals surface area contributed by atoms with Crippen molar-refractivity contribution in [2.45, 2.75) is 26.5 Å². The Balaban J connectivity index is 1.42. The summed E-state index contributed by atoms with van der Waals surface area (Å²) in [5, 5.41) is 0. The largest absolute Gasteiger partial charge is 0.486 e. The van der Waals surface area contributed by atoms with Gasteiger partial charge in [0.2, 0.25) is 5.78 Å². The zero-order chi connectivity index (χ0) is 22.0. The Bertz CT molecular complexity index is 1140. The number of Topliss-reactive ketones (excluding diaryl/α,β-unsaturated/α-hetero) is 1. The number of hydrogen-bond acceptors (Lipinski definition) is 8. The molecule has 3 aromatic rings. The second kappa shape index (κ2) is 8.47. The van der Waals surface area contributed by atoms with E-state index in [0.717, 1.165) is 17.1 Å². The van der Waals surface area contributed by atoms with Crippen LogP contribution in [-0.4, -0.2) is 45.6 Å². The van der Waals surface area contributed by atoms with Crippen LogP contribution in [0.25, 0.3) is 0 Å². The Morgan fingerprint density at radius 2 is 1.94 bits per heavy atom. The average molecular weight is 422 g/mol. The maximum Gasteiger partial charge on any atom is 0.361 e. The number of nitrogens with zero attached hydrogens (tertiary/aromatic N) is 3. The van der Waals surface area contributed by atoms with Gasteiger partial charge in [0.1, 0.15) is 6.61 Å².